The van der Waals surface area contributed by atoms with Gasteiger partial charge in [0.25, 0.3) is 5.82 Å². The number of halogens is 1. The second-order valence-electron chi connectivity index (χ2n) is 4.64. The summed E-state index contributed by atoms with van der Waals surface area (Å²) in [6, 6.07) is 1.71. The first kappa shape index (κ1) is 12.4. The van der Waals surface area contributed by atoms with Gasteiger partial charge in [-0.25, -0.2) is 4.98 Å². The maximum Gasteiger partial charge on any atom is 0.271 e. The van der Waals surface area contributed by atoms with Crippen LogP contribution in [0.1, 0.15) is 12.2 Å². The van der Waals surface area contributed by atoms with E-state index in [9.17, 15) is 0 Å². The van der Waals surface area contributed by atoms with E-state index in [2.05, 4.69) is 19.4 Å². The van der Waals surface area contributed by atoms with Gasteiger partial charge in [-0.15, -0.1) is 16.6 Å². The van der Waals surface area contributed by atoms with E-state index in [1.807, 2.05) is 0 Å². The molecule has 0 unspecified atom stereocenters. The summed E-state index contributed by atoms with van der Waals surface area (Å²) in [7, 11) is 0. The van der Waals surface area contributed by atoms with Crippen LogP contribution in [0.15, 0.2) is 12.3 Å². The van der Waals surface area contributed by atoms with Gasteiger partial charge in [-0.05, 0) is 12.5 Å². The van der Waals surface area contributed by atoms with Gasteiger partial charge in [-0.2, -0.15) is 0 Å². The molecule has 0 bridgehead atoms. The minimum absolute atomic E-state index is 0.357. The molecule has 2 aromatic heterocycles. The molecule has 3 rings (SSSR count). The van der Waals surface area contributed by atoms with E-state index >= 15 is 0 Å². The third-order valence-corrected chi connectivity index (χ3v) is 3.64. The molecule has 2 aromatic rings. The summed E-state index contributed by atoms with van der Waals surface area (Å²) in [5, 5.41) is 0. The van der Waals surface area contributed by atoms with E-state index in [4.69, 9.17) is 22.9 Å². The molecule has 98 valence electrons. The van der Waals surface area contributed by atoms with Crippen LogP contribution in [0, 0.1) is 12.5 Å². The molecule has 0 spiro atoms. The SMILES string of the molecule is [C-]#[N+]c1cc2nc(CCl)n(C[C@H]3CCOC3)c2cn1. The van der Waals surface area contributed by atoms with Crippen LogP contribution >= 0.6 is 11.6 Å². The predicted molar refractivity (Wildman–Crippen MR) is 72.3 cm³/mol. The van der Waals surface area contributed by atoms with Crippen molar-refractivity contribution in [3.05, 3.63) is 29.5 Å². The molecule has 0 saturated carbocycles. The Morgan fingerprint density at radius 2 is 2.47 bits per heavy atom. The van der Waals surface area contributed by atoms with Crippen molar-refractivity contribution in [1.29, 1.82) is 0 Å². The molecule has 6 heteroatoms. The highest BCUT2D eigenvalue weighted by molar-refractivity contribution is 6.16. The van der Waals surface area contributed by atoms with Crippen LogP contribution in [0.2, 0.25) is 0 Å². The molecule has 5 nitrogen and oxygen atoms in total. The molecule has 0 N–H and O–H groups in total. The number of nitrogens with zero attached hydrogens (tertiary/aromatic N) is 4. The van der Waals surface area contributed by atoms with E-state index in [0.717, 1.165) is 43.0 Å². The van der Waals surface area contributed by atoms with Gasteiger partial charge in [0.1, 0.15) is 17.5 Å². The Labute approximate surface area is 116 Å². The zero-order valence-electron chi connectivity index (χ0n) is 10.3. The molecule has 0 amide bonds. The number of hydrogen-bond acceptors (Lipinski definition) is 3. The number of fused-ring (bicyclic) bond motifs is 1. The zero-order valence-corrected chi connectivity index (χ0v) is 11.1. The smallest absolute Gasteiger partial charge is 0.271 e. The van der Waals surface area contributed by atoms with E-state index in [0.29, 0.717) is 17.6 Å². The summed E-state index contributed by atoms with van der Waals surface area (Å²) in [5.74, 6) is 2.05. The average molecular weight is 277 g/mol. The normalized spacial score (nSPS) is 18.8. The van der Waals surface area contributed by atoms with E-state index in [1.54, 1.807) is 12.3 Å². The highest BCUT2D eigenvalue weighted by atomic mass is 35.5. The molecule has 19 heavy (non-hydrogen) atoms. The summed E-state index contributed by atoms with van der Waals surface area (Å²) >= 11 is 5.97. The van der Waals surface area contributed by atoms with Gasteiger partial charge in [0, 0.05) is 19.1 Å². The third kappa shape index (κ3) is 2.29. The fourth-order valence-corrected chi connectivity index (χ4v) is 2.62. The maximum absolute atomic E-state index is 6.99. The number of pyridine rings is 1. The Kier molecular flexibility index (Phi) is 3.36. The van der Waals surface area contributed by atoms with Gasteiger partial charge in [0.15, 0.2) is 0 Å². The second-order valence-corrected chi connectivity index (χ2v) is 4.91. The minimum Gasteiger partial charge on any atom is -0.381 e. The molecule has 1 atom stereocenters. The van der Waals surface area contributed by atoms with Crippen LogP contribution in [0.25, 0.3) is 15.9 Å². The van der Waals surface area contributed by atoms with E-state index < -0.39 is 0 Å². The van der Waals surface area contributed by atoms with Crippen molar-refractivity contribution in [1.82, 2.24) is 14.5 Å². The molecule has 1 aliphatic heterocycles. The number of hydrogen-bond donors (Lipinski definition) is 0. The molecule has 1 saturated heterocycles. The first-order chi connectivity index (χ1) is 9.31. The fraction of sp³-hybridized carbons (Fsp3) is 0.462. The number of imidazole rings is 1. The monoisotopic (exact) mass is 276 g/mol. The van der Waals surface area contributed by atoms with Crippen LogP contribution in [0.3, 0.4) is 0 Å². The molecule has 0 aliphatic carbocycles. The molecular weight excluding hydrogens is 264 g/mol. The standard InChI is InChI=1S/C13H13ClN4O/c1-15-12-4-10-11(6-16-12)18(13(5-14)17-10)7-9-2-3-19-8-9/h4,6,9H,2-3,5,7-8H2/t9-/m1/s1. The molecule has 1 fully saturated rings. The number of aromatic nitrogens is 3. The number of ether oxygens (including phenoxy) is 1. The van der Waals surface area contributed by atoms with Gasteiger partial charge in [-0.3, -0.25) is 0 Å². The summed E-state index contributed by atoms with van der Waals surface area (Å²) < 4.78 is 7.51. The Hall–Kier alpha value is -1.64. The van der Waals surface area contributed by atoms with Crippen molar-refractivity contribution in [3.8, 4) is 0 Å². The van der Waals surface area contributed by atoms with Crippen LogP contribution in [-0.4, -0.2) is 27.7 Å². The Bertz CT molecular complexity index is 640. The van der Waals surface area contributed by atoms with Crippen molar-refractivity contribution in [2.45, 2.75) is 18.8 Å². The van der Waals surface area contributed by atoms with Crippen molar-refractivity contribution >= 4 is 28.5 Å². The molecular formula is C13H13ClN4O. The Morgan fingerprint density at radius 1 is 1.58 bits per heavy atom. The summed E-state index contributed by atoms with van der Waals surface area (Å²) in [5.41, 5.74) is 1.73. The molecule has 0 radical (unpaired) electrons. The lowest BCUT2D eigenvalue weighted by Gasteiger charge is -2.11. The number of alkyl halides is 1. The van der Waals surface area contributed by atoms with Crippen LogP contribution in [0.5, 0.6) is 0 Å². The summed E-state index contributed by atoms with van der Waals surface area (Å²) in [4.78, 5) is 11.9. The Morgan fingerprint density at radius 3 is 3.16 bits per heavy atom. The van der Waals surface area contributed by atoms with Crippen molar-refractivity contribution in [2.75, 3.05) is 13.2 Å². The minimum atomic E-state index is 0.357. The second kappa shape index (κ2) is 5.16. The lowest BCUT2D eigenvalue weighted by Crippen LogP contribution is -2.12. The first-order valence-corrected chi connectivity index (χ1v) is 6.71. The maximum atomic E-state index is 6.99. The zero-order chi connectivity index (χ0) is 13.2. The van der Waals surface area contributed by atoms with Crippen molar-refractivity contribution in [2.24, 2.45) is 5.92 Å². The third-order valence-electron chi connectivity index (χ3n) is 3.40. The van der Waals surface area contributed by atoms with Gasteiger partial charge < -0.3 is 14.1 Å². The summed E-state index contributed by atoms with van der Waals surface area (Å²) in [6.45, 7) is 9.45. The highest BCUT2D eigenvalue weighted by Gasteiger charge is 2.20. The van der Waals surface area contributed by atoms with E-state index in [1.165, 1.54) is 0 Å². The predicted octanol–water partition coefficient (Wildman–Crippen LogP) is 2.76. The fourth-order valence-electron chi connectivity index (χ4n) is 2.42. The molecule has 1 aliphatic rings. The quantitative estimate of drug-likeness (QED) is 0.640. The highest BCUT2D eigenvalue weighted by Crippen LogP contribution is 2.24. The van der Waals surface area contributed by atoms with Gasteiger partial charge in [-0.1, -0.05) is 6.57 Å². The molecule has 3 heterocycles. The first-order valence-electron chi connectivity index (χ1n) is 6.18. The van der Waals surface area contributed by atoms with E-state index in [-0.39, 0.29) is 0 Å². The van der Waals surface area contributed by atoms with Gasteiger partial charge in [0.05, 0.1) is 18.0 Å². The topological polar surface area (TPSA) is 44.3 Å². The van der Waals surface area contributed by atoms with Gasteiger partial charge >= 0.3 is 0 Å². The number of rotatable bonds is 3. The Balaban J connectivity index is 2.03. The van der Waals surface area contributed by atoms with Crippen LogP contribution in [-0.2, 0) is 17.2 Å². The average Bonchev–Trinajstić information content (AvgIpc) is 3.06. The van der Waals surface area contributed by atoms with Crippen LogP contribution < -0.4 is 0 Å². The van der Waals surface area contributed by atoms with Crippen LogP contribution in [0.4, 0.5) is 5.82 Å². The lowest BCUT2D eigenvalue weighted by atomic mass is 10.1. The largest absolute Gasteiger partial charge is 0.381 e. The van der Waals surface area contributed by atoms with Crippen molar-refractivity contribution < 1.29 is 4.74 Å². The van der Waals surface area contributed by atoms with Crippen molar-refractivity contribution in [3.63, 3.8) is 0 Å². The van der Waals surface area contributed by atoms with Gasteiger partial charge in [0.2, 0.25) is 0 Å². The molecule has 0 aromatic carbocycles. The lowest BCUT2D eigenvalue weighted by molar-refractivity contribution is 0.182. The summed E-state index contributed by atoms with van der Waals surface area (Å²) in [6.07, 6.45) is 2.77.